The minimum atomic E-state index is -0.0966. The van der Waals surface area contributed by atoms with Crippen LogP contribution in [0.15, 0.2) is 47.3 Å². The Morgan fingerprint density at radius 2 is 2.03 bits per heavy atom. The molecule has 7 nitrogen and oxygen atoms in total. The number of rotatable bonds is 7. The second-order valence-corrected chi connectivity index (χ2v) is 9.55. The van der Waals surface area contributed by atoms with E-state index in [-0.39, 0.29) is 11.9 Å². The topological polar surface area (TPSA) is 72.3 Å². The molecule has 9 heteroatoms. The van der Waals surface area contributed by atoms with E-state index >= 15 is 0 Å². The van der Waals surface area contributed by atoms with Gasteiger partial charge < -0.3 is 10.1 Å². The van der Waals surface area contributed by atoms with E-state index in [0.29, 0.717) is 18.7 Å². The van der Waals surface area contributed by atoms with Gasteiger partial charge in [0.1, 0.15) is 0 Å². The van der Waals surface area contributed by atoms with Crippen LogP contribution in [0.5, 0.6) is 0 Å². The summed E-state index contributed by atoms with van der Waals surface area (Å²) in [4.78, 5) is 22.9. The number of carbonyl (C=O) groups is 1. The summed E-state index contributed by atoms with van der Waals surface area (Å²) in [5.41, 5.74) is 2.16. The summed E-state index contributed by atoms with van der Waals surface area (Å²) in [6.45, 7) is 6.44. The predicted octanol–water partition coefficient (Wildman–Crippen LogP) is 4.04. The standard InChI is InChI=1S/C23H25N5O2S2/c1-2-28-22-17(14-25-28)16(13-18(26-22)20-5-3-11-31-20)23(29)24-15-19(21-6-4-12-32-21)27-7-9-30-10-8-27/h3-6,11-14,19H,2,7-10,15H2,1H3,(H,24,29). The van der Waals surface area contributed by atoms with Gasteiger partial charge in [-0.15, -0.1) is 22.7 Å². The average molecular weight is 468 g/mol. The van der Waals surface area contributed by atoms with Crippen molar-refractivity contribution in [1.82, 2.24) is 25.0 Å². The number of ether oxygens (including phenoxy) is 1. The summed E-state index contributed by atoms with van der Waals surface area (Å²) in [6.07, 6.45) is 1.75. The van der Waals surface area contributed by atoms with Crippen LogP contribution in [0.25, 0.3) is 21.6 Å². The Labute approximate surface area is 194 Å². The Balaban J connectivity index is 1.44. The number of amides is 1. The van der Waals surface area contributed by atoms with E-state index in [1.54, 1.807) is 28.9 Å². The van der Waals surface area contributed by atoms with Crippen molar-refractivity contribution in [2.24, 2.45) is 0 Å². The number of aryl methyl sites for hydroxylation is 1. The molecule has 4 aromatic heterocycles. The molecule has 5 rings (SSSR count). The lowest BCUT2D eigenvalue weighted by Gasteiger charge is -2.34. The lowest BCUT2D eigenvalue weighted by molar-refractivity contribution is 0.0169. The summed E-state index contributed by atoms with van der Waals surface area (Å²) < 4.78 is 7.37. The molecule has 1 aliphatic heterocycles. The van der Waals surface area contributed by atoms with Crippen molar-refractivity contribution in [1.29, 1.82) is 0 Å². The third-order valence-corrected chi connectivity index (χ3v) is 7.61. The van der Waals surface area contributed by atoms with Crippen LogP contribution in [-0.2, 0) is 11.3 Å². The largest absolute Gasteiger partial charge is 0.379 e. The molecule has 1 aliphatic rings. The molecule has 1 unspecified atom stereocenters. The van der Waals surface area contributed by atoms with Gasteiger partial charge in [0.05, 0.1) is 47.0 Å². The van der Waals surface area contributed by atoms with Gasteiger partial charge in [-0.05, 0) is 35.9 Å². The molecule has 0 aliphatic carbocycles. The minimum Gasteiger partial charge on any atom is -0.379 e. The summed E-state index contributed by atoms with van der Waals surface area (Å²) >= 11 is 3.34. The van der Waals surface area contributed by atoms with Gasteiger partial charge in [0, 0.05) is 31.1 Å². The third kappa shape index (κ3) is 4.21. The molecule has 1 saturated heterocycles. The van der Waals surface area contributed by atoms with Crippen molar-refractivity contribution >= 4 is 39.6 Å². The van der Waals surface area contributed by atoms with E-state index in [9.17, 15) is 4.79 Å². The van der Waals surface area contributed by atoms with Gasteiger partial charge in [-0.25, -0.2) is 9.67 Å². The molecule has 0 radical (unpaired) electrons. The fourth-order valence-corrected chi connectivity index (χ4v) is 5.63. The van der Waals surface area contributed by atoms with Crippen molar-refractivity contribution in [2.75, 3.05) is 32.8 Å². The first-order valence-electron chi connectivity index (χ1n) is 10.8. The lowest BCUT2D eigenvalue weighted by atomic mass is 10.1. The van der Waals surface area contributed by atoms with Crippen LogP contribution in [-0.4, -0.2) is 58.4 Å². The number of nitrogens with one attached hydrogen (secondary N) is 1. The van der Waals surface area contributed by atoms with Gasteiger partial charge in [-0.3, -0.25) is 9.69 Å². The van der Waals surface area contributed by atoms with Gasteiger partial charge in [-0.2, -0.15) is 5.10 Å². The molecule has 1 fully saturated rings. The van der Waals surface area contributed by atoms with Crippen molar-refractivity contribution in [2.45, 2.75) is 19.5 Å². The number of morpholine rings is 1. The number of aromatic nitrogens is 3. The summed E-state index contributed by atoms with van der Waals surface area (Å²) in [5, 5.41) is 12.5. The van der Waals surface area contributed by atoms with Gasteiger partial charge >= 0.3 is 0 Å². The zero-order valence-electron chi connectivity index (χ0n) is 17.9. The second-order valence-electron chi connectivity index (χ2n) is 7.62. The van der Waals surface area contributed by atoms with Gasteiger partial charge in [-0.1, -0.05) is 12.1 Å². The number of nitrogens with zero attached hydrogens (tertiary/aromatic N) is 4. The molecule has 0 bridgehead atoms. The first-order chi connectivity index (χ1) is 15.7. The van der Waals surface area contributed by atoms with E-state index in [1.807, 2.05) is 35.2 Å². The van der Waals surface area contributed by atoms with Crippen LogP contribution in [0.1, 0.15) is 28.2 Å². The Kier molecular flexibility index (Phi) is 6.31. The van der Waals surface area contributed by atoms with Crippen LogP contribution in [0.3, 0.4) is 0 Å². The molecular formula is C23H25N5O2S2. The Bertz CT molecular complexity index is 1180. The maximum Gasteiger partial charge on any atom is 0.252 e. The maximum absolute atomic E-state index is 13.4. The van der Waals surface area contributed by atoms with E-state index in [1.165, 1.54) is 4.88 Å². The Morgan fingerprint density at radius 1 is 1.22 bits per heavy atom. The van der Waals surface area contributed by atoms with Crippen LogP contribution in [0.4, 0.5) is 0 Å². The first-order valence-corrected chi connectivity index (χ1v) is 12.5. The summed E-state index contributed by atoms with van der Waals surface area (Å²) in [7, 11) is 0. The fraction of sp³-hybridized carbons (Fsp3) is 0.348. The molecule has 4 aromatic rings. The Hall–Kier alpha value is -2.59. The van der Waals surface area contributed by atoms with Crippen molar-refractivity contribution in [3.63, 3.8) is 0 Å². The van der Waals surface area contributed by atoms with Crippen LogP contribution in [0, 0.1) is 0 Å². The van der Waals surface area contributed by atoms with Crippen molar-refractivity contribution in [3.8, 4) is 10.6 Å². The molecule has 0 aromatic carbocycles. The molecule has 1 atom stereocenters. The monoisotopic (exact) mass is 467 g/mol. The van der Waals surface area contributed by atoms with E-state index < -0.39 is 0 Å². The quantitative estimate of drug-likeness (QED) is 0.444. The molecular weight excluding hydrogens is 442 g/mol. The highest BCUT2D eigenvalue weighted by atomic mass is 32.1. The van der Waals surface area contributed by atoms with Crippen molar-refractivity contribution in [3.05, 3.63) is 57.7 Å². The van der Waals surface area contributed by atoms with E-state index in [0.717, 1.165) is 47.9 Å². The highest BCUT2D eigenvalue weighted by Gasteiger charge is 2.25. The minimum absolute atomic E-state index is 0.0966. The number of hydrogen-bond acceptors (Lipinski definition) is 7. The zero-order valence-corrected chi connectivity index (χ0v) is 19.5. The SMILES string of the molecule is CCn1ncc2c(C(=O)NCC(c3cccs3)N3CCOCC3)cc(-c3cccs3)nc21. The molecule has 32 heavy (non-hydrogen) atoms. The number of hydrogen-bond donors (Lipinski definition) is 1. The van der Waals surface area contributed by atoms with Gasteiger partial charge in [0.2, 0.25) is 0 Å². The fourth-order valence-electron chi connectivity index (χ4n) is 4.08. The second kappa shape index (κ2) is 9.50. The van der Waals surface area contributed by atoms with Crippen LogP contribution >= 0.6 is 22.7 Å². The highest BCUT2D eigenvalue weighted by Crippen LogP contribution is 2.29. The summed E-state index contributed by atoms with van der Waals surface area (Å²) in [6, 6.07) is 10.3. The highest BCUT2D eigenvalue weighted by molar-refractivity contribution is 7.13. The maximum atomic E-state index is 13.4. The van der Waals surface area contributed by atoms with E-state index in [4.69, 9.17) is 9.72 Å². The molecule has 0 spiro atoms. The molecule has 1 amide bonds. The van der Waals surface area contributed by atoms with Gasteiger partial charge in [0.15, 0.2) is 5.65 Å². The zero-order chi connectivity index (χ0) is 21.9. The normalized spacial score (nSPS) is 15.8. The molecule has 166 valence electrons. The molecule has 5 heterocycles. The van der Waals surface area contributed by atoms with E-state index in [2.05, 4.69) is 32.8 Å². The van der Waals surface area contributed by atoms with Crippen LogP contribution in [0.2, 0.25) is 0 Å². The lowest BCUT2D eigenvalue weighted by Crippen LogP contribution is -2.43. The number of thiophene rings is 2. The smallest absolute Gasteiger partial charge is 0.252 e. The summed E-state index contributed by atoms with van der Waals surface area (Å²) in [5.74, 6) is -0.0966. The first kappa shape index (κ1) is 21.3. The van der Waals surface area contributed by atoms with Crippen LogP contribution < -0.4 is 5.32 Å². The number of carbonyl (C=O) groups excluding carboxylic acids is 1. The third-order valence-electron chi connectivity index (χ3n) is 5.74. The molecule has 1 N–H and O–H groups in total. The Morgan fingerprint density at radius 3 is 2.75 bits per heavy atom. The number of fused-ring (bicyclic) bond motifs is 1. The predicted molar refractivity (Wildman–Crippen MR) is 128 cm³/mol. The molecule has 0 saturated carbocycles. The number of pyridine rings is 1. The van der Waals surface area contributed by atoms with Gasteiger partial charge in [0.25, 0.3) is 5.91 Å². The average Bonchev–Trinajstić information content (AvgIpc) is 3.61. The van der Waals surface area contributed by atoms with Crippen molar-refractivity contribution < 1.29 is 9.53 Å².